The topological polar surface area (TPSA) is 66.4 Å². The molecule has 1 rings (SSSR count). The monoisotopic (exact) mass is 327 g/mol. The van der Waals surface area contributed by atoms with E-state index >= 15 is 0 Å². The van der Waals surface area contributed by atoms with Crippen molar-refractivity contribution in [1.29, 1.82) is 0 Å². The third-order valence-corrected chi connectivity index (χ3v) is 5.63. The predicted octanol–water partition coefficient (Wildman–Crippen LogP) is 1.95. The summed E-state index contributed by atoms with van der Waals surface area (Å²) in [7, 11) is -3.49. The lowest BCUT2D eigenvalue weighted by Gasteiger charge is -2.14. The van der Waals surface area contributed by atoms with E-state index in [2.05, 4.69) is 20.7 Å². The largest absolute Gasteiger partial charge is 0.395 e. The van der Waals surface area contributed by atoms with E-state index in [9.17, 15) is 8.42 Å². The molecule has 0 spiro atoms. The average Bonchev–Trinajstić information content (AvgIpc) is 2.64. The van der Waals surface area contributed by atoms with Gasteiger partial charge >= 0.3 is 0 Å². The van der Waals surface area contributed by atoms with E-state index in [1.165, 1.54) is 6.07 Å². The molecule has 1 heterocycles. The van der Waals surface area contributed by atoms with Gasteiger partial charge in [0.2, 0.25) is 10.0 Å². The molecule has 1 aromatic rings. The molecule has 7 heteroatoms. The van der Waals surface area contributed by atoms with E-state index in [0.29, 0.717) is 6.42 Å². The molecule has 1 atom stereocenters. The highest BCUT2D eigenvalue weighted by molar-refractivity contribution is 9.11. The maximum atomic E-state index is 11.9. The van der Waals surface area contributed by atoms with Crippen molar-refractivity contribution in [3.63, 3.8) is 0 Å². The van der Waals surface area contributed by atoms with Gasteiger partial charge in [-0.3, -0.25) is 0 Å². The second kappa shape index (κ2) is 6.11. The molecular formula is C9H14BrNO3S2. The Morgan fingerprint density at radius 3 is 2.69 bits per heavy atom. The van der Waals surface area contributed by atoms with E-state index < -0.39 is 16.1 Å². The average molecular weight is 328 g/mol. The molecule has 16 heavy (non-hydrogen) atoms. The zero-order chi connectivity index (χ0) is 12.2. The van der Waals surface area contributed by atoms with Gasteiger partial charge in [-0.25, -0.2) is 13.1 Å². The molecule has 0 saturated heterocycles. The molecule has 0 fully saturated rings. The van der Waals surface area contributed by atoms with Gasteiger partial charge < -0.3 is 5.11 Å². The molecule has 0 amide bonds. The molecule has 0 aliphatic carbocycles. The van der Waals surface area contributed by atoms with Crippen LogP contribution in [-0.4, -0.2) is 26.2 Å². The van der Waals surface area contributed by atoms with E-state index in [-0.39, 0.29) is 10.8 Å². The quantitative estimate of drug-likeness (QED) is 0.839. The summed E-state index contributed by atoms with van der Waals surface area (Å²) in [5.74, 6) is 0. The highest BCUT2D eigenvalue weighted by Gasteiger charge is 2.20. The van der Waals surface area contributed by atoms with Crippen LogP contribution in [0.3, 0.4) is 0 Å². The van der Waals surface area contributed by atoms with Gasteiger partial charge in [0.05, 0.1) is 10.4 Å². The molecule has 92 valence electrons. The van der Waals surface area contributed by atoms with E-state index in [1.807, 2.05) is 6.92 Å². The third kappa shape index (κ3) is 3.81. The fraction of sp³-hybridized carbons (Fsp3) is 0.556. The molecular weight excluding hydrogens is 314 g/mol. The van der Waals surface area contributed by atoms with Crippen molar-refractivity contribution >= 4 is 37.3 Å². The van der Waals surface area contributed by atoms with Gasteiger partial charge in [0.1, 0.15) is 4.21 Å². The van der Waals surface area contributed by atoms with Gasteiger partial charge in [-0.1, -0.05) is 13.3 Å². The second-order valence-corrected chi connectivity index (χ2v) is 7.75. The Bertz CT molecular complexity index is 430. The highest BCUT2D eigenvalue weighted by Crippen LogP contribution is 2.26. The number of hydrogen-bond acceptors (Lipinski definition) is 4. The van der Waals surface area contributed by atoms with Gasteiger partial charge in [-0.15, -0.1) is 11.3 Å². The second-order valence-electron chi connectivity index (χ2n) is 3.35. The van der Waals surface area contributed by atoms with Crippen LogP contribution in [-0.2, 0) is 10.0 Å². The molecule has 0 radical (unpaired) electrons. The summed E-state index contributed by atoms with van der Waals surface area (Å²) in [4.78, 5) is 0. The van der Waals surface area contributed by atoms with Crippen LogP contribution in [0.2, 0.25) is 0 Å². The van der Waals surface area contributed by atoms with Crippen LogP contribution in [0.5, 0.6) is 0 Å². The Morgan fingerprint density at radius 1 is 1.56 bits per heavy atom. The van der Waals surface area contributed by atoms with Gasteiger partial charge in [0, 0.05) is 6.04 Å². The number of halogens is 1. The number of hydrogen-bond donors (Lipinski definition) is 2. The molecule has 1 aromatic heterocycles. The first-order chi connectivity index (χ1) is 7.49. The summed E-state index contributed by atoms with van der Waals surface area (Å²) in [6.07, 6.45) is 1.45. The minimum Gasteiger partial charge on any atom is -0.395 e. The normalized spacial score (nSPS) is 13.9. The Kier molecular flexibility index (Phi) is 5.39. The van der Waals surface area contributed by atoms with Crippen molar-refractivity contribution in [3.8, 4) is 0 Å². The number of thiophene rings is 1. The molecule has 0 bridgehead atoms. The van der Waals surface area contributed by atoms with Crippen LogP contribution in [0.25, 0.3) is 0 Å². The number of aliphatic hydroxyl groups excluding tert-OH is 1. The lowest BCUT2D eigenvalue weighted by atomic mass is 10.2. The lowest BCUT2D eigenvalue weighted by molar-refractivity contribution is 0.250. The summed E-state index contributed by atoms with van der Waals surface area (Å²) in [5, 5.41) is 9.04. The van der Waals surface area contributed by atoms with Gasteiger partial charge in [0.25, 0.3) is 0 Å². The van der Waals surface area contributed by atoms with Crippen molar-refractivity contribution in [2.45, 2.75) is 30.0 Å². The van der Waals surface area contributed by atoms with Gasteiger partial charge in [0.15, 0.2) is 0 Å². The van der Waals surface area contributed by atoms with Crippen molar-refractivity contribution in [1.82, 2.24) is 4.72 Å². The number of aliphatic hydroxyl groups is 1. The van der Waals surface area contributed by atoms with Crippen LogP contribution in [0.1, 0.15) is 19.8 Å². The Morgan fingerprint density at radius 2 is 2.25 bits per heavy atom. The molecule has 1 unspecified atom stereocenters. The van der Waals surface area contributed by atoms with Gasteiger partial charge in [-0.2, -0.15) is 0 Å². The van der Waals surface area contributed by atoms with E-state index in [1.54, 1.807) is 6.07 Å². The van der Waals surface area contributed by atoms with E-state index in [4.69, 9.17) is 5.11 Å². The molecule has 0 aromatic carbocycles. The smallest absolute Gasteiger partial charge is 0.250 e. The Hall–Kier alpha value is 0.0500. The number of rotatable bonds is 6. The molecule has 0 aliphatic heterocycles. The number of sulfonamides is 1. The summed E-state index contributed by atoms with van der Waals surface area (Å²) >= 11 is 4.37. The SMILES string of the molecule is CCCC(CO)NS(=O)(=O)c1ccc(Br)s1. The first-order valence-electron chi connectivity index (χ1n) is 4.88. The van der Waals surface area contributed by atoms with E-state index in [0.717, 1.165) is 21.5 Å². The molecule has 4 nitrogen and oxygen atoms in total. The standard InChI is InChI=1S/C9H14BrNO3S2/c1-2-3-7(6-12)11-16(13,14)9-5-4-8(10)15-9/h4-5,7,11-12H,2-3,6H2,1H3. The minimum absolute atomic E-state index is 0.181. The zero-order valence-electron chi connectivity index (χ0n) is 8.81. The summed E-state index contributed by atoms with van der Waals surface area (Å²) in [6, 6.07) is 2.82. The Balaban J connectivity index is 2.78. The predicted molar refractivity (Wildman–Crippen MR) is 68.1 cm³/mol. The third-order valence-electron chi connectivity index (χ3n) is 1.99. The fourth-order valence-corrected chi connectivity index (χ4v) is 4.54. The first kappa shape index (κ1) is 14.1. The summed E-state index contributed by atoms with van der Waals surface area (Å²) in [5.41, 5.74) is 0. The van der Waals surface area contributed by atoms with Crippen LogP contribution >= 0.6 is 27.3 Å². The van der Waals surface area contributed by atoms with Gasteiger partial charge in [-0.05, 0) is 34.5 Å². The molecule has 0 aliphatic rings. The van der Waals surface area contributed by atoms with Crippen molar-refractivity contribution in [2.24, 2.45) is 0 Å². The zero-order valence-corrected chi connectivity index (χ0v) is 12.0. The van der Waals surface area contributed by atoms with Crippen LogP contribution in [0.15, 0.2) is 20.1 Å². The Labute approximate surface area is 108 Å². The number of nitrogens with one attached hydrogen (secondary N) is 1. The molecule has 2 N–H and O–H groups in total. The summed E-state index contributed by atoms with van der Waals surface area (Å²) in [6.45, 7) is 1.76. The van der Waals surface area contributed by atoms with Crippen molar-refractivity contribution in [2.75, 3.05) is 6.61 Å². The lowest BCUT2D eigenvalue weighted by Crippen LogP contribution is -2.36. The van der Waals surface area contributed by atoms with Crippen LogP contribution in [0, 0.1) is 0 Å². The first-order valence-corrected chi connectivity index (χ1v) is 7.97. The highest BCUT2D eigenvalue weighted by atomic mass is 79.9. The van der Waals surface area contributed by atoms with Crippen LogP contribution < -0.4 is 4.72 Å². The summed E-state index contributed by atoms with van der Waals surface area (Å²) < 4.78 is 27.2. The van der Waals surface area contributed by atoms with Crippen molar-refractivity contribution < 1.29 is 13.5 Å². The van der Waals surface area contributed by atoms with Crippen LogP contribution in [0.4, 0.5) is 0 Å². The van der Waals surface area contributed by atoms with Crippen molar-refractivity contribution in [3.05, 3.63) is 15.9 Å². The molecule has 0 saturated carbocycles. The fourth-order valence-electron chi connectivity index (χ4n) is 1.26. The minimum atomic E-state index is -3.49. The maximum Gasteiger partial charge on any atom is 0.250 e. The maximum absolute atomic E-state index is 11.9.